The SMILES string of the molecule is Cc1cc([N+](=O)[O-])cnc1NC1CC(C)(C)OC1(C)C. The number of nitro groups is 1. The van der Waals surface area contributed by atoms with Crippen LogP contribution < -0.4 is 5.32 Å². The third kappa shape index (κ3) is 2.90. The molecule has 1 aliphatic rings. The molecule has 1 saturated heterocycles. The van der Waals surface area contributed by atoms with Crippen molar-refractivity contribution in [1.82, 2.24) is 4.98 Å². The van der Waals surface area contributed by atoms with E-state index in [2.05, 4.69) is 24.1 Å². The lowest BCUT2D eigenvalue weighted by atomic mass is 9.94. The average Bonchev–Trinajstić information content (AvgIpc) is 2.49. The van der Waals surface area contributed by atoms with Crippen molar-refractivity contribution in [2.24, 2.45) is 0 Å². The molecule has 0 amide bonds. The largest absolute Gasteiger partial charge is 0.367 e. The Kier molecular flexibility index (Phi) is 3.46. The Labute approximate surface area is 118 Å². The fourth-order valence-electron chi connectivity index (χ4n) is 2.76. The highest BCUT2D eigenvalue weighted by molar-refractivity contribution is 5.49. The van der Waals surface area contributed by atoms with Crippen LogP contribution in [0.15, 0.2) is 12.3 Å². The summed E-state index contributed by atoms with van der Waals surface area (Å²) in [6.07, 6.45) is 2.14. The van der Waals surface area contributed by atoms with Crippen molar-refractivity contribution in [3.63, 3.8) is 0 Å². The van der Waals surface area contributed by atoms with E-state index >= 15 is 0 Å². The van der Waals surface area contributed by atoms with Crippen molar-refractivity contribution < 1.29 is 9.66 Å². The van der Waals surface area contributed by atoms with Crippen molar-refractivity contribution in [2.45, 2.75) is 58.3 Å². The molecule has 1 unspecified atom stereocenters. The molecule has 2 heterocycles. The highest BCUT2D eigenvalue weighted by atomic mass is 16.6. The Morgan fingerprint density at radius 3 is 2.55 bits per heavy atom. The summed E-state index contributed by atoms with van der Waals surface area (Å²) in [5, 5.41) is 14.1. The molecule has 1 aromatic heterocycles. The number of aromatic nitrogens is 1. The van der Waals surface area contributed by atoms with Crippen LogP contribution in [0.3, 0.4) is 0 Å². The van der Waals surface area contributed by atoms with Crippen molar-refractivity contribution in [2.75, 3.05) is 5.32 Å². The summed E-state index contributed by atoms with van der Waals surface area (Å²) in [5.74, 6) is 0.676. The molecular weight excluding hydrogens is 258 g/mol. The van der Waals surface area contributed by atoms with Gasteiger partial charge in [0.2, 0.25) is 0 Å². The Hall–Kier alpha value is -1.69. The zero-order valence-electron chi connectivity index (χ0n) is 12.6. The standard InChI is InChI=1S/C14H21N3O3/c1-9-6-10(17(18)19)8-15-12(9)16-11-7-13(2,3)20-14(11,4)5/h6,8,11H,7H2,1-5H3,(H,15,16). The van der Waals surface area contributed by atoms with Gasteiger partial charge in [-0.2, -0.15) is 0 Å². The fourth-order valence-corrected chi connectivity index (χ4v) is 2.76. The van der Waals surface area contributed by atoms with Crippen LogP contribution in [0.5, 0.6) is 0 Å². The van der Waals surface area contributed by atoms with Gasteiger partial charge in [0.05, 0.1) is 22.2 Å². The van der Waals surface area contributed by atoms with Crippen LogP contribution in [-0.2, 0) is 4.74 Å². The van der Waals surface area contributed by atoms with Crippen LogP contribution in [0, 0.1) is 17.0 Å². The van der Waals surface area contributed by atoms with Crippen LogP contribution in [0.25, 0.3) is 0 Å². The molecule has 1 aromatic rings. The van der Waals surface area contributed by atoms with Crippen LogP contribution in [0.2, 0.25) is 0 Å². The molecule has 0 aliphatic carbocycles. The van der Waals surface area contributed by atoms with Crippen molar-refractivity contribution in [3.05, 3.63) is 27.9 Å². The minimum absolute atomic E-state index is 0.00955. The number of ether oxygens (including phenoxy) is 1. The second kappa shape index (κ2) is 4.70. The van der Waals surface area contributed by atoms with E-state index in [1.54, 1.807) is 0 Å². The first kappa shape index (κ1) is 14.7. The van der Waals surface area contributed by atoms with Gasteiger partial charge in [0.25, 0.3) is 5.69 Å². The second-order valence-corrected chi connectivity index (χ2v) is 6.48. The molecule has 0 radical (unpaired) electrons. The van der Waals surface area contributed by atoms with Gasteiger partial charge >= 0.3 is 0 Å². The number of rotatable bonds is 3. The van der Waals surface area contributed by atoms with Gasteiger partial charge < -0.3 is 10.1 Å². The van der Waals surface area contributed by atoms with Crippen LogP contribution >= 0.6 is 0 Å². The number of nitrogens with zero attached hydrogens (tertiary/aromatic N) is 2. The highest BCUT2D eigenvalue weighted by Crippen LogP contribution is 2.39. The maximum absolute atomic E-state index is 10.7. The van der Waals surface area contributed by atoms with Crippen molar-refractivity contribution >= 4 is 11.5 Å². The van der Waals surface area contributed by atoms with Crippen molar-refractivity contribution in [3.8, 4) is 0 Å². The normalized spacial score (nSPS) is 23.6. The van der Waals surface area contributed by atoms with Gasteiger partial charge in [-0.15, -0.1) is 0 Å². The molecule has 6 heteroatoms. The van der Waals surface area contributed by atoms with Gasteiger partial charge in [0.15, 0.2) is 0 Å². The number of hydrogen-bond acceptors (Lipinski definition) is 5. The smallest absolute Gasteiger partial charge is 0.287 e. The molecule has 0 bridgehead atoms. The molecule has 2 rings (SSSR count). The second-order valence-electron chi connectivity index (χ2n) is 6.48. The highest BCUT2D eigenvalue weighted by Gasteiger charge is 2.46. The average molecular weight is 279 g/mol. The number of aryl methyl sites for hydroxylation is 1. The Morgan fingerprint density at radius 2 is 2.10 bits per heavy atom. The Balaban J connectivity index is 2.21. The van der Waals surface area contributed by atoms with E-state index in [9.17, 15) is 10.1 Å². The van der Waals surface area contributed by atoms with Gasteiger partial charge in [-0.3, -0.25) is 10.1 Å². The number of nitrogens with one attached hydrogen (secondary N) is 1. The molecule has 20 heavy (non-hydrogen) atoms. The summed E-state index contributed by atoms with van der Waals surface area (Å²) >= 11 is 0. The van der Waals surface area contributed by atoms with E-state index in [1.807, 2.05) is 20.8 Å². The maximum atomic E-state index is 10.7. The molecule has 110 valence electrons. The lowest BCUT2D eigenvalue weighted by Gasteiger charge is -2.28. The van der Waals surface area contributed by atoms with Crippen LogP contribution in [-0.4, -0.2) is 27.2 Å². The van der Waals surface area contributed by atoms with E-state index < -0.39 is 4.92 Å². The van der Waals surface area contributed by atoms with E-state index in [0.717, 1.165) is 12.0 Å². The molecule has 1 N–H and O–H groups in total. The van der Waals surface area contributed by atoms with Crippen LogP contribution in [0.4, 0.5) is 11.5 Å². The van der Waals surface area contributed by atoms with Gasteiger partial charge in [0, 0.05) is 6.07 Å². The molecule has 1 aliphatic heterocycles. The molecule has 0 saturated carbocycles. The predicted molar refractivity (Wildman–Crippen MR) is 76.9 cm³/mol. The quantitative estimate of drug-likeness (QED) is 0.679. The third-order valence-electron chi connectivity index (χ3n) is 3.66. The topological polar surface area (TPSA) is 77.3 Å². The monoisotopic (exact) mass is 279 g/mol. The Bertz CT molecular complexity index is 540. The zero-order chi connectivity index (χ0) is 15.1. The predicted octanol–water partition coefficient (Wildman–Crippen LogP) is 3.06. The number of pyridine rings is 1. The van der Waals surface area contributed by atoms with E-state index in [1.165, 1.54) is 12.3 Å². The maximum Gasteiger partial charge on any atom is 0.287 e. The lowest BCUT2D eigenvalue weighted by Crippen LogP contribution is -2.38. The van der Waals surface area contributed by atoms with Gasteiger partial charge in [-0.05, 0) is 46.6 Å². The van der Waals surface area contributed by atoms with Gasteiger partial charge in [0.1, 0.15) is 12.0 Å². The molecule has 0 spiro atoms. The van der Waals surface area contributed by atoms with Crippen LogP contribution in [0.1, 0.15) is 39.7 Å². The summed E-state index contributed by atoms with van der Waals surface area (Å²) < 4.78 is 6.02. The number of hydrogen-bond donors (Lipinski definition) is 1. The summed E-state index contributed by atoms with van der Waals surface area (Å²) in [5.41, 5.74) is 0.282. The minimum atomic E-state index is -0.435. The summed E-state index contributed by atoms with van der Waals surface area (Å²) in [6.45, 7) is 10.0. The molecule has 1 fully saturated rings. The van der Waals surface area contributed by atoms with E-state index in [0.29, 0.717) is 5.82 Å². The van der Waals surface area contributed by atoms with Gasteiger partial charge in [-0.25, -0.2) is 4.98 Å². The summed E-state index contributed by atoms with van der Waals surface area (Å²) in [4.78, 5) is 14.5. The molecular formula is C14H21N3O3. The molecule has 1 atom stereocenters. The minimum Gasteiger partial charge on any atom is -0.367 e. The third-order valence-corrected chi connectivity index (χ3v) is 3.66. The van der Waals surface area contributed by atoms with Crippen molar-refractivity contribution in [1.29, 1.82) is 0 Å². The fraction of sp³-hybridized carbons (Fsp3) is 0.643. The summed E-state index contributed by atoms with van der Waals surface area (Å²) in [6, 6.07) is 1.65. The summed E-state index contributed by atoms with van der Waals surface area (Å²) in [7, 11) is 0. The van der Waals surface area contributed by atoms with E-state index in [4.69, 9.17) is 4.74 Å². The first-order valence-corrected chi connectivity index (χ1v) is 6.68. The lowest BCUT2D eigenvalue weighted by molar-refractivity contribution is -0.385. The number of anilines is 1. The van der Waals surface area contributed by atoms with E-state index in [-0.39, 0.29) is 22.9 Å². The first-order chi connectivity index (χ1) is 9.11. The molecule has 6 nitrogen and oxygen atoms in total. The zero-order valence-corrected chi connectivity index (χ0v) is 12.6. The molecule has 0 aromatic carbocycles. The van der Waals surface area contributed by atoms with Gasteiger partial charge in [-0.1, -0.05) is 0 Å². The first-order valence-electron chi connectivity index (χ1n) is 6.68. The Morgan fingerprint density at radius 1 is 1.45 bits per heavy atom.